The van der Waals surface area contributed by atoms with E-state index in [9.17, 15) is 4.79 Å². The highest BCUT2D eigenvalue weighted by Gasteiger charge is 2.34. The second kappa shape index (κ2) is 4.94. The molecule has 0 radical (unpaired) electrons. The Kier molecular flexibility index (Phi) is 3.37. The van der Waals surface area contributed by atoms with Gasteiger partial charge in [0.1, 0.15) is 0 Å². The molecule has 1 aromatic rings. The van der Waals surface area contributed by atoms with E-state index in [4.69, 9.17) is 4.74 Å². The van der Waals surface area contributed by atoms with E-state index in [2.05, 4.69) is 17.4 Å². The lowest BCUT2D eigenvalue weighted by Gasteiger charge is -1.95. The van der Waals surface area contributed by atoms with Crippen molar-refractivity contribution in [3.8, 4) is 0 Å². The number of rotatable bonds is 4. The third kappa shape index (κ3) is 2.70. The highest BCUT2D eigenvalue weighted by atomic mass is 16.5. The molecule has 3 heteroatoms. The van der Waals surface area contributed by atoms with Gasteiger partial charge < -0.3 is 10.1 Å². The van der Waals surface area contributed by atoms with Crippen LogP contribution in [0.1, 0.15) is 18.5 Å². The normalized spacial score (nSPS) is 23.3. The summed E-state index contributed by atoms with van der Waals surface area (Å²) >= 11 is 0. The fourth-order valence-electron chi connectivity index (χ4n) is 1.65. The minimum absolute atomic E-state index is 0.256. The number of carbonyl (C=O) groups is 1. The molecule has 0 saturated carbocycles. The van der Waals surface area contributed by atoms with Crippen LogP contribution in [0.5, 0.6) is 0 Å². The summed E-state index contributed by atoms with van der Waals surface area (Å²) in [7, 11) is 0. The maximum absolute atomic E-state index is 11.1. The second-order valence-electron chi connectivity index (χ2n) is 3.69. The Morgan fingerprint density at radius 3 is 2.88 bits per heavy atom. The van der Waals surface area contributed by atoms with Gasteiger partial charge in [0, 0.05) is 12.1 Å². The van der Waals surface area contributed by atoms with Crippen LogP contribution >= 0.6 is 0 Å². The van der Waals surface area contributed by atoms with Crippen LogP contribution in [0.15, 0.2) is 42.5 Å². The quantitative estimate of drug-likeness (QED) is 0.475. The molecule has 16 heavy (non-hydrogen) atoms. The van der Waals surface area contributed by atoms with E-state index >= 15 is 0 Å². The second-order valence-corrected chi connectivity index (χ2v) is 3.69. The van der Waals surface area contributed by atoms with Crippen LogP contribution in [0.3, 0.4) is 0 Å². The molecular formula is C13H15NO2. The van der Waals surface area contributed by atoms with E-state index in [1.807, 2.05) is 24.3 Å². The van der Waals surface area contributed by atoms with Crippen LogP contribution in [0, 0.1) is 0 Å². The molecular weight excluding hydrogens is 202 g/mol. The SMILES string of the molecule is CCOC(=O)/C=C/[C@H]1N[C@@H]1c1ccccc1. The number of benzene rings is 1. The van der Waals surface area contributed by atoms with E-state index in [-0.39, 0.29) is 12.0 Å². The zero-order valence-electron chi connectivity index (χ0n) is 9.22. The Balaban J connectivity index is 1.86. The third-order valence-corrected chi connectivity index (χ3v) is 2.51. The van der Waals surface area contributed by atoms with Crippen molar-refractivity contribution in [3.05, 3.63) is 48.0 Å². The van der Waals surface area contributed by atoms with Crippen molar-refractivity contribution < 1.29 is 9.53 Å². The summed E-state index contributed by atoms with van der Waals surface area (Å²) in [4.78, 5) is 11.1. The fourth-order valence-corrected chi connectivity index (χ4v) is 1.65. The minimum Gasteiger partial charge on any atom is -0.463 e. The monoisotopic (exact) mass is 217 g/mol. The molecule has 0 aliphatic carbocycles. The standard InChI is InChI=1S/C13H15NO2/c1-2-16-12(15)9-8-11-13(14-11)10-6-4-3-5-7-10/h3-9,11,13-14H,2H2,1H3/b9-8+/t11-,13-/m1/s1. The molecule has 0 unspecified atom stereocenters. The highest BCUT2D eigenvalue weighted by molar-refractivity contribution is 5.82. The van der Waals surface area contributed by atoms with Crippen molar-refractivity contribution in [1.29, 1.82) is 0 Å². The van der Waals surface area contributed by atoms with Crippen LogP contribution in [0.4, 0.5) is 0 Å². The van der Waals surface area contributed by atoms with Crippen LogP contribution in [0.25, 0.3) is 0 Å². The number of ether oxygens (including phenoxy) is 1. The van der Waals surface area contributed by atoms with Crippen molar-refractivity contribution in [1.82, 2.24) is 5.32 Å². The first kappa shape index (κ1) is 10.9. The molecule has 1 heterocycles. The first-order valence-corrected chi connectivity index (χ1v) is 5.47. The number of nitrogens with one attached hydrogen (secondary N) is 1. The van der Waals surface area contributed by atoms with Crippen molar-refractivity contribution in [2.75, 3.05) is 6.61 Å². The van der Waals surface area contributed by atoms with Crippen molar-refractivity contribution in [2.45, 2.75) is 19.0 Å². The molecule has 1 aliphatic heterocycles. The highest BCUT2D eigenvalue weighted by Crippen LogP contribution is 2.29. The Hall–Kier alpha value is -1.61. The summed E-state index contributed by atoms with van der Waals surface area (Å²) in [6, 6.07) is 10.8. The zero-order chi connectivity index (χ0) is 11.4. The van der Waals surface area contributed by atoms with E-state index in [1.165, 1.54) is 11.6 Å². The molecule has 3 nitrogen and oxygen atoms in total. The molecule has 1 fully saturated rings. The van der Waals surface area contributed by atoms with Crippen molar-refractivity contribution in [2.24, 2.45) is 0 Å². The molecule has 0 bridgehead atoms. The third-order valence-electron chi connectivity index (χ3n) is 2.51. The number of hydrogen-bond donors (Lipinski definition) is 1. The lowest BCUT2D eigenvalue weighted by Crippen LogP contribution is -1.99. The maximum atomic E-state index is 11.1. The summed E-state index contributed by atoms with van der Waals surface area (Å²) in [5, 5.41) is 3.29. The Bertz CT molecular complexity index is 386. The van der Waals surface area contributed by atoms with E-state index in [0.29, 0.717) is 12.6 Å². The van der Waals surface area contributed by atoms with Gasteiger partial charge in [0.05, 0.1) is 12.6 Å². The summed E-state index contributed by atoms with van der Waals surface area (Å²) in [5.74, 6) is -0.275. The predicted molar refractivity (Wildman–Crippen MR) is 61.9 cm³/mol. The first-order valence-electron chi connectivity index (χ1n) is 5.47. The minimum atomic E-state index is -0.275. The van der Waals surface area contributed by atoms with Gasteiger partial charge in [0.2, 0.25) is 0 Å². The molecule has 0 spiro atoms. The van der Waals surface area contributed by atoms with Gasteiger partial charge >= 0.3 is 5.97 Å². The lowest BCUT2D eigenvalue weighted by molar-refractivity contribution is -0.137. The molecule has 1 aliphatic rings. The number of hydrogen-bond acceptors (Lipinski definition) is 3. The van der Waals surface area contributed by atoms with Crippen LogP contribution in [-0.2, 0) is 9.53 Å². The smallest absolute Gasteiger partial charge is 0.330 e. The summed E-state index contributed by atoms with van der Waals surface area (Å²) in [6.07, 6.45) is 3.35. The predicted octanol–water partition coefficient (Wildman–Crippen LogP) is 1.82. The van der Waals surface area contributed by atoms with Crippen LogP contribution in [0.2, 0.25) is 0 Å². The van der Waals surface area contributed by atoms with Crippen LogP contribution < -0.4 is 5.32 Å². The van der Waals surface area contributed by atoms with Gasteiger partial charge in [-0.25, -0.2) is 4.79 Å². The Labute approximate surface area is 95.1 Å². The molecule has 1 saturated heterocycles. The van der Waals surface area contributed by atoms with Crippen LogP contribution in [-0.4, -0.2) is 18.6 Å². The molecule has 0 aromatic heterocycles. The van der Waals surface area contributed by atoms with E-state index in [0.717, 1.165) is 0 Å². The molecule has 0 amide bonds. The number of carbonyl (C=O) groups excluding carboxylic acids is 1. The van der Waals surface area contributed by atoms with Gasteiger partial charge in [0.25, 0.3) is 0 Å². The first-order chi connectivity index (χ1) is 7.81. The summed E-state index contributed by atoms with van der Waals surface area (Å²) < 4.78 is 4.81. The van der Waals surface area contributed by atoms with E-state index < -0.39 is 0 Å². The molecule has 2 atom stereocenters. The maximum Gasteiger partial charge on any atom is 0.330 e. The topological polar surface area (TPSA) is 48.2 Å². The van der Waals surface area contributed by atoms with Crippen molar-refractivity contribution >= 4 is 5.97 Å². The molecule has 1 aromatic carbocycles. The molecule has 2 rings (SSSR count). The summed E-state index contributed by atoms with van der Waals surface area (Å²) in [6.45, 7) is 2.22. The van der Waals surface area contributed by atoms with Crippen molar-refractivity contribution in [3.63, 3.8) is 0 Å². The Morgan fingerprint density at radius 1 is 1.44 bits per heavy atom. The molecule has 84 valence electrons. The average Bonchev–Trinajstić information content (AvgIpc) is 3.07. The average molecular weight is 217 g/mol. The molecule has 1 N–H and O–H groups in total. The fraction of sp³-hybridized carbons (Fsp3) is 0.308. The number of esters is 1. The zero-order valence-corrected chi connectivity index (χ0v) is 9.22. The van der Waals surface area contributed by atoms with Gasteiger partial charge in [-0.2, -0.15) is 0 Å². The van der Waals surface area contributed by atoms with Gasteiger partial charge in [-0.15, -0.1) is 0 Å². The lowest BCUT2D eigenvalue weighted by atomic mass is 10.1. The van der Waals surface area contributed by atoms with Gasteiger partial charge in [-0.3, -0.25) is 0 Å². The summed E-state index contributed by atoms with van der Waals surface area (Å²) in [5.41, 5.74) is 1.25. The van der Waals surface area contributed by atoms with Gasteiger partial charge in [0.15, 0.2) is 0 Å². The van der Waals surface area contributed by atoms with E-state index in [1.54, 1.807) is 6.92 Å². The Morgan fingerprint density at radius 2 is 2.19 bits per heavy atom. The van der Waals surface area contributed by atoms with Gasteiger partial charge in [-0.05, 0) is 12.5 Å². The largest absolute Gasteiger partial charge is 0.463 e. The van der Waals surface area contributed by atoms with Gasteiger partial charge in [-0.1, -0.05) is 36.4 Å².